The van der Waals surface area contributed by atoms with Crippen LogP contribution in [0.5, 0.6) is 11.5 Å². The Kier molecular flexibility index (Phi) is 3.98. The van der Waals surface area contributed by atoms with Crippen LogP contribution in [0.4, 0.5) is 0 Å². The van der Waals surface area contributed by atoms with Gasteiger partial charge in [0, 0.05) is 23.9 Å². The summed E-state index contributed by atoms with van der Waals surface area (Å²) in [4.78, 5) is 23.4. The lowest BCUT2D eigenvalue weighted by Crippen LogP contribution is -2.26. The van der Waals surface area contributed by atoms with Gasteiger partial charge in [0.1, 0.15) is 17.1 Å². The molecule has 1 N–H and O–H groups in total. The van der Waals surface area contributed by atoms with E-state index in [1.165, 1.54) is 24.9 Å². The molecule has 0 aliphatic heterocycles. The molecule has 0 atom stereocenters. The first-order valence-corrected chi connectivity index (χ1v) is 6.17. The maximum absolute atomic E-state index is 12.3. The molecule has 0 aliphatic rings. The molecule has 1 heterocycles. The monoisotopic (exact) mass is 289 g/mol. The summed E-state index contributed by atoms with van der Waals surface area (Å²) in [6.45, 7) is 1.72. The predicted octanol–water partition coefficient (Wildman–Crippen LogP) is 1.86. The predicted molar refractivity (Wildman–Crippen MR) is 76.8 cm³/mol. The highest BCUT2D eigenvalue weighted by molar-refractivity contribution is 5.87. The molecule has 2 aromatic rings. The van der Waals surface area contributed by atoms with Crippen LogP contribution >= 0.6 is 0 Å². The van der Waals surface area contributed by atoms with E-state index in [9.17, 15) is 9.59 Å². The van der Waals surface area contributed by atoms with Crippen LogP contribution in [-0.4, -0.2) is 29.9 Å². The third-order valence-corrected chi connectivity index (χ3v) is 3.10. The zero-order chi connectivity index (χ0) is 15.6. The smallest absolute Gasteiger partial charge is 0.341 e. The summed E-state index contributed by atoms with van der Waals surface area (Å²) in [6, 6.07) is 7.83. The number of aromatic carboxylic acids is 1. The lowest BCUT2D eigenvalue weighted by atomic mass is 10.2. The quantitative estimate of drug-likeness (QED) is 0.929. The number of carboxylic acids is 1. The van der Waals surface area contributed by atoms with Gasteiger partial charge < -0.3 is 14.6 Å². The van der Waals surface area contributed by atoms with Crippen LogP contribution in [0.1, 0.15) is 16.1 Å². The lowest BCUT2D eigenvalue weighted by molar-refractivity contribution is 0.0694. The van der Waals surface area contributed by atoms with E-state index in [1.807, 2.05) is 0 Å². The molecule has 1 aromatic heterocycles. The van der Waals surface area contributed by atoms with Gasteiger partial charge >= 0.3 is 5.97 Å². The van der Waals surface area contributed by atoms with E-state index in [0.717, 1.165) is 0 Å². The number of ether oxygens (including phenoxy) is 2. The van der Waals surface area contributed by atoms with Gasteiger partial charge in [-0.15, -0.1) is 0 Å². The van der Waals surface area contributed by atoms with Crippen LogP contribution in [-0.2, 0) is 0 Å². The van der Waals surface area contributed by atoms with Gasteiger partial charge in [-0.2, -0.15) is 0 Å². The number of carboxylic acid groups (broad SMARTS) is 1. The fourth-order valence-corrected chi connectivity index (χ4v) is 2.04. The molecule has 6 heteroatoms. The molecule has 6 nitrogen and oxygen atoms in total. The van der Waals surface area contributed by atoms with E-state index in [-0.39, 0.29) is 5.56 Å². The van der Waals surface area contributed by atoms with Crippen molar-refractivity contribution in [1.82, 2.24) is 4.57 Å². The summed E-state index contributed by atoms with van der Waals surface area (Å²) >= 11 is 0. The van der Waals surface area contributed by atoms with Gasteiger partial charge in [-0.25, -0.2) is 4.79 Å². The Balaban J connectivity index is 2.75. The van der Waals surface area contributed by atoms with E-state index in [2.05, 4.69) is 0 Å². The first kappa shape index (κ1) is 14.6. The SMILES string of the molecule is COc1cc(OC)cc(-n2c(C)ccc(C(=O)O)c2=O)c1. The molecular weight excluding hydrogens is 274 g/mol. The second kappa shape index (κ2) is 5.70. The maximum atomic E-state index is 12.3. The van der Waals surface area contributed by atoms with Gasteiger partial charge in [0.15, 0.2) is 0 Å². The van der Waals surface area contributed by atoms with Crippen LogP contribution in [0.3, 0.4) is 0 Å². The minimum Gasteiger partial charge on any atom is -0.497 e. The lowest BCUT2D eigenvalue weighted by Gasteiger charge is -2.13. The van der Waals surface area contributed by atoms with E-state index in [0.29, 0.717) is 22.9 Å². The maximum Gasteiger partial charge on any atom is 0.341 e. The summed E-state index contributed by atoms with van der Waals surface area (Å²) in [6.07, 6.45) is 0. The van der Waals surface area contributed by atoms with E-state index < -0.39 is 11.5 Å². The van der Waals surface area contributed by atoms with Crippen molar-refractivity contribution in [3.8, 4) is 17.2 Å². The number of hydrogen-bond acceptors (Lipinski definition) is 4. The van der Waals surface area contributed by atoms with Crippen molar-refractivity contribution in [2.45, 2.75) is 6.92 Å². The summed E-state index contributed by atoms with van der Waals surface area (Å²) in [7, 11) is 3.00. The zero-order valence-corrected chi connectivity index (χ0v) is 11.9. The minimum absolute atomic E-state index is 0.289. The highest BCUT2D eigenvalue weighted by Gasteiger charge is 2.14. The molecule has 0 saturated heterocycles. The molecule has 0 unspecified atom stereocenters. The number of pyridine rings is 1. The Morgan fingerprint density at radius 3 is 2.14 bits per heavy atom. The van der Waals surface area contributed by atoms with Gasteiger partial charge in [0.25, 0.3) is 5.56 Å². The first-order chi connectivity index (χ1) is 9.97. The van der Waals surface area contributed by atoms with Gasteiger partial charge in [0.2, 0.25) is 0 Å². The van der Waals surface area contributed by atoms with Crippen molar-refractivity contribution in [2.24, 2.45) is 0 Å². The second-order valence-corrected chi connectivity index (χ2v) is 4.40. The van der Waals surface area contributed by atoms with Gasteiger partial charge in [-0.1, -0.05) is 0 Å². The topological polar surface area (TPSA) is 77.8 Å². The van der Waals surface area contributed by atoms with Crippen molar-refractivity contribution >= 4 is 5.97 Å². The Hall–Kier alpha value is -2.76. The number of carbonyl (C=O) groups is 1. The van der Waals surface area contributed by atoms with Crippen molar-refractivity contribution in [3.63, 3.8) is 0 Å². The molecule has 0 radical (unpaired) electrons. The molecular formula is C15H15NO5. The van der Waals surface area contributed by atoms with Crippen LogP contribution < -0.4 is 15.0 Å². The van der Waals surface area contributed by atoms with Gasteiger partial charge in [0.05, 0.1) is 19.9 Å². The minimum atomic E-state index is -1.26. The number of benzene rings is 1. The van der Waals surface area contributed by atoms with Gasteiger partial charge in [-0.3, -0.25) is 9.36 Å². The summed E-state index contributed by atoms with van der Waals surface area (Å²) in [5.74, 6) is -0.239. The van der Waals surface area contributed by atoms with Crippen LogP contribution in [0, 0.1) is 6.92 Å². The summed E-state index contributed by atoms with van der Waals surface area (Å²) in [5.41, 5.74) is 0.206. The third-order valence-electron chi connectivity index (χ3n) is 3.10. The molecule has 21 heavy (non-hydrogen) atoms. The molecule has 0 spiro atoms. The first-order valence-electron chi connectivity index (χ1n) is 6.17. The second-order valence-electron chi connectivity index (χ2n) is 4.40. The molecule has 2 rings (SSSR count). The fourth-order valence-electron chi connectivity index (χ4n) is 2.04. The summed E-state index contributed by atoms with van der Waals surface area (Å²) in [5, 5.41) is 9.07. The number of nitrogens with zero attached hydrogens (tertiary/aromatic N) is 1. The van der Waals surface area contributed by atoms with E-state index in [4.69, 9.17) is 14.6 Å². The summed E-state index contributed by atoms with van der Waals surface area (Å²) < 4.78 is 11.6. The molecule has 0 bridgehead atoms. The van der Waals surface area contributed by atoms with Crippen molar-refractivity contribution in [3.05, 3.63) is 51.9 Å². The molecule has 0 aliphatic carbocycles. The normalized spacial score (nSPS) is 10.2. The number of hydrogen-bond donors (Lipinski definition) is 1. The zero-order valence-electron chi connectivity index (χ0n) is 11.9. The molecule has 0 fully saturated rings. The van der Waals surface area contributed by atoms with Crippen LogP contribution in [0.25, 0.3) is 5.69 Å². The fraction of sp³-hybridized carbons (Fsp3) is 0.200. The van der Waals surface area contributed by atoms with E-state index >= 15 is 0 Å². The molecule has 0 saturated carbocycles. The number of methoxy groups -OCH3 is 2. The largest absolute Gasteiger partial charge is 0.497 e. The highest BCUT2D eigenvalue weighted by atomic mass is 16.5. The van der Waals surface area contributed by atoms with Crippen molar-refractivity contribution < 1.29 is 19.4 Å². The third kappa shape index (κ3) is 2.74. The van der Waals surface area contributed by atoms with Crippen LogP contribution in [0.2, 0.25) is 0 Å². The van der Waals surface area contributed by atoms with E-state index in [1.54, 1.807) is 31.2 Å². The molecule has 0 amide bonds. The Bertz CT molecular complexity index is 726. The Morgan fingerprint density at radius 2 is 1.67 bits per heavy atom. The number of rotatable bonds is 4. The highest BCUT2D eigenvalue weighted by Crippen LogP contribution is 2.25. The standard InChI is InChI=1S/C15H15NO5/c1-9-4-5-13(15(18)19)14(17)16(9)10-6-11(20-2)8-12(7-10)21-3/h4-8H,1-3H3,(H,18,19). The average Bonchev–Trinajstić information content (AvgIpc) is 2.46. The van der Waals surface area contributed by atoms with Gasteiger partial charge in [-0.05, 0) is 19.1 Å². The Morgan fingerprint density at radius 1 is 1.10 bits per heavy atom. The molecule has 1 aromatic carbocycles. The number of aryl methyl sites for hydroxylation is 1. The Labute approximate surface area is 121 Å². The number of aromatic nitrogens is 1. The van der Waals surface area contributed by atoms with Crippen molar-refractivity contribution in [1.29, 1.82) is 0 Å². The molecule has 110 valence electrons. The van der Waals surface area contributed by atoms with Crippen LogP contribution in [0.15, 0.2) is 35.1 Å². The average molecular weight is 289 g/mol. The van der Waals surface area contributed by atoms with Crippen molar-refractivity contribution in [2.75, 3.05) is 14.2 Å².